The monoisotopic (exact) mass is 346 g/mol. The summed E-state index contributed by atoms with van der Waals surface area (Å²) in [4.78, 5) is 18.4. The lowest BCUT2D eigenvalue weighted by Gasteiger charge is -2.38. The molecule has 0 aliphatic carbocycles. The van der Waals surface area contributed by atoms with Crippen LogP contribution in [0.15, 0.2) is 48.8 Å². The van der Waals surface area contributed by atoms with Gasteiger partial charge in [-0.25, -0.2) is 4.98 Å². The number of nitrogens with zero attached hydrogens (tertiary/aromatic N) is 4. The van der Waals surface area contributed by atoms with Crippen LogP contribution in [0.1, 0.15) is 11.1 Å². The summed E-state index contributed by atoms with van der Waals surface area (Å²) in [5, 5.41) is 10.0. The van der Waals surface area contributed by atoms with Gasteiger partial charge in [-0.3, -0.25) is 4.79 Å². The Labute approximate surface area is 151 Å². The number of nitriles is 1. The molecule has 0 saturated carbocycles. The summed E-state index contributed by atoms with van der Waals surface area (Å²) in [7, 11) is 1.99. The summed E-state index contributed by atoms with van der Waals surface area (Å²) in [5.74, 6) is 0.523. The number of rotatable bonds is 4. The van der Waals surface area contributed by atoms with Crippen LogP contribution in [-0.2, 0) is 18.3 Å². The Bertz CT molecular complexity index is 1010. The number of aryl methyl sites for hydroxylation is 1. The van der Waals surface area contributed by atoms with E-state index in [0.29, 0.717) is 31.0 Å². The number of para-hydroxylation sites is 1. The predicted octanol–water partition coefficient (Wildman–Crippen LogP) is 2.28. The highest BCUT2D eigenvalue weighted by molar-refractivity contribution is 5.89. The fourth-order valence-electron chi connectivity index (χ4n) is 3.27. The van der Waals surface area contributed by atoms with E-state index in [4.69, 9.17) is 10.00 Å². The van der Waals surface area contributed by atoms with Crippen molar-refractivity contribution in [3.05, 3.63) is 59.9 Å². The third-order valence-electron chi connectivity index (χ3n) is 4.67. The maximum absolute atomic E-state index is 12.5. The second kappa shape index (κ2) is 6.52. The Morgan fingerprint density at radius 1 is 1.35 bits per heavy atom. The first-order valence-electron chi connectivity index (χ1n) is 8.47. The van der Waals surface area contributed by atoms with E-state index in [0.717, 1.165) is 16.5 Å². The molecule has 0 unspecified atom stereocenters. The fraction of sp³-hybridized carbons (Fsp3) is 0.250. The van der Waals surface area contributed by atoms with Crippen molar-refractivity contribution in [3.8, 4) is 11.9 Å². The number of carbonyl (C=O) groups excluding carboxylic acids is 1. The van der Waals surface area contributed by atoms with Crippen LogP contribution in [0.2, 0.25) is 0 Å². The second-order valence-corrected chi connectivity index (χ2v) is 6.49. The molecule has 0 N–H and O–H groups in total. The SMILES string of the molecule is Cn1cc(CC(=O)N2CC(Oc3cc(C#N)ccn3)C2)c2ccccc21. The molecule has 3 heterocycles. The smallest absolute Gasteiger partial charge is 0.227 e. The summed E-state index contributed by atoms with van der Waals surface area (Å²) in [5.41, 5.74) is 2.68. The Morgan fingerprint density at radius 2 is 2.15 bits per heavy atom. The number of hydrogen-bond acceptors (Lipinski definition) is 4. The van der Waals surface area contributed by atoms with E-state index >= 15 is 0 Å². The molecule has 3 aromatic rings. The van der Waals surface area contributed by atoms with Gasteiger partial charge in [0, 0.05) is 36.4 Å². The number of amides is 1. The van der Waals surface area contributed by atoms with Crippen molar-refractivity contribution in [1.82, 2.24) is 14.5 Å². The largest absolute Gasteiger partial charge is 0.471 e. The van der Waals surface area contributed by atoms with E-state index in [2.05, 4.69) is 17.1 Å². The first-order chi connectivity index (χ1) is 12.6. The van der Waals surface area contributed by atoms with Crippen LogP contribution in [-0.4, -0.2) is 39.6 Å². The highest BCUT2D eigenvalue weighted by atomic mass is 16.5. The lowest BCUT2D eigenvalue weighted by Crippen LogP contribution is -2.56. The maximum atomic E-state index is 12.5. The number of fused-ring (bicyclic) bond motifs is 1. The summed E-state index contributed by atoms with van der Waals surface area (Å²) in [6, 6.07) is 13.4. The highest BCUT2D eigenvalue weighted by Gasteiger charge is 2.32. The zero-order chi connectivity index (χ0) is 18.1. The van der Waals surface area contributed by atoms with E-state index < -0.39 is 0 Å². The lowest BCUT2D eigenvalue weighted by atomic mass is 10.1. The molecule has 1 aromatic carbocycles. The molecular formula is C20H18N4O2. The van der Waals surface area contributed by atoms with Gasteiger partial charge in [-0.05, 0) is 17.7 Å². The molecule has 0 radical (unpaired) electrons. The minimum absolute atomic E-state index is 0.0760. The number of likely N-dealkylation sites (tertiary alicyclic amines) is 1. The molecule has 0 spiro atoms. The van der Waals surface area contributed by atoms with Gasteiger partial charge >= 0.3 is 0 Å². The molecule has 0 atom stereocenters. The van der Waals surface area contributed by atoms with Gasteiger partial charge in [0.2, 0.25) is 11.8 Å². The fourth-order valence-corrected chi connectivity index (χ4v) is 3.27. The van der Waals surface area contributed by atoms with Crippen molar-refractivity contribution in [2.75, 3.05) is 13.1 Å². The summed E-state index contributed by atoms with van der Waals surface area (Å²) in [6.07, 6.45) is 3.88. The molecule has 6 heteroatoms. The van der Waals surface area contributed by atoms with E-state index in [9.17, 15) is 4.79 Å². The van der Waals surface area contributed by atoms with Crippen molar-refractivity contribution in [2.24, 2.45) is 7.05 Å². The Hall–Kier alpha value is -3.33. The second-order valence-electron chi connectivity index (χ2n) is 6.49. The van der Waals surface area contributed by atoms with Gasteiger partial charge in [0.25, 0.3) is 0 Å². The van der Waals surface area contributed by atoms with Gasteiger partial charge in [-0.1, -0.05) is 18.2 Å². The standard InChI is InChI=1S/C20H18N4O2/c1-23-11-15(17-4-2-3-5-18(17)23)9-20(25)24-12-16(13-24)26-19-8-14(10-21)6-7-22-19/h2-8,11,16H,9,12-13H2,1H3. The zero-order valence-corrected chi connectivity index (χ0v) is 14.4. The molecule has 1 aliphatic heterocycles. The van der Waals surface area contributed by atoms with Gasteiger partial charge in [-0.2, -0.15) is 5.26 Å². The quantitative estimate of drug-likeness (QED) is 0.727. The average molecular weight is 346 g/mol. The molecule has 6 nitrogen and oxygen atoms in total. The summed E-state index contributed by atoms with van der Waals surface area (Å²) < 4.78 is 7.79. The van der Waals surface area contributed by atoms with Crippen molar-refractivity contribution in [3.63, 3.8) is 0 Å². The third-order valence-corrected chi connectivity index (χ3v) is 4.67. The summed E-state index contributed by atoms with van der Waals surface area (Å²) in [6.45, 7) is 1.09. The van der Waals surface area contributed by atoms with Crippen LogP contribution in [0.4, 0.5) is 0 Å². The molecule has 1 fully saturated rings. The number of ether oxygens (including phenoxy) is 1. The van der Waals surface area contributed by atoms with Crippen LogP contribution >= 0.6 is 0 Å². The van der Waals surface area contributed by atoms with Crippen molar-refractivity contribution in [1.29, 1.82) is 5.26 Å². The summed E-state index contributed by atoms with van der Waals surface area (Å²) >= 11 is 0. The molecule has 130 valence electrons. The van der Waals surface area contributed by atoms with Crippen LogP contribution in [0, 0.1) is 11.3 Å². The third kappa shape index (κ3) is 3.00. The molecule has 0 bridgehead atoms. The van der Waals surface area contributed by atoms with Gasteiger partial charge in [-0.15, -0.1) is 0 Å². The van der Waals surface area contributed by atoms with Crippen molar-refractivity contribution in [2.45, 2.75) is 12.5 Å². The Kier molecular flexibility index (Phi) is 4.05. The van der Waals surface area contributed by atoms with Crippen LogP contribution in [0.3, 0.4) is 0 Å². The number of pyridine rings is 1. The zero-order valence-electron chi connectivity index (χ0n) is 14.4. The predicted molar refractivity (Wildman–Crippen MR) is 96.6 cm³/mol. The minimum Gasteiger partial charge on any atom is -0.471 e. The number of benzene rings is 1. The molecule has 2 aromatic heterocycles. The normalized spacial score (nSPS) is 14.1. The van der Waals surface area contributed by atoms with E-state index in [1.54, 1.807) is 23.2 Å². The van der Waals surface area contributed by atoms with Crippen LogP contribution in [0.25, 0.3) is 10.9 Å². The first kappa shape index (κ1) is 16.2. The van der Waals surface area contributed by atoms with Gasteiger partial charge in [0.1, 0.15) is 6.10 Å². The number of carbonyl (C=O) groups is 1. The molecule has 1 amide bonds. The number of hydrogen-bond donors (Lipinski definition) is 0. The molecule has 1 saturated heterocycles. The van der Waals surface area contributed by atoms with E-state index in [-0.39, 0.29) is 12.0 Å². The topological polar surface area (TPSA) is 71.2 Å². The van der Waals surface area contributed by atoms with Gasteiger partial charge in [0.15, 0.2) is 0 Å². The highest BCUT2D eigenvalue weighted by Crippen LogP contribution is 2.23. The van der Waals surface area contributed by atoms with Crippen LogP contribution in [0.5, 0.6) is 5.88 Å². The van der Waals surface area contributed by atoms with Crippen molar-refractivity contribution < 1.29 is 9.53 Å². The number of aromatic nitrogens is 2. The van der Waals surface area contributed by atoms with E-state index in [1.807, 2.05) is 36.0 Å². The van der Waals surface area contributed by atoms with Crippen LogP contribution < -0.4 is 4.74 Å². The molecule has 4 rings (SSSR count). The van der Waals surface area contributed by atoms with Crippen molar-refractivity contribution >= 4 is 16.8 Å². The molecule has 26 heavy (non-hydrogen) atoms. The average Bonchev–Trinajstić information content (AvgIpc) is 2.94. The van der Waals surface area contributed by atoms with Gasteiger partial charge < -0.3 is 14.2 Å². The first-order valence-corrected chi connectivity index (χ1v) is 8.47. The van der Waals surface area contributed by atoms with E-state index in [1.165, 1.54) is 0 Å². The lowest BCUT2D eigenvalue weighted by molar-refractivity contribution is -0.139. The minimum atomic E-state index is -0.0760. The van der Waals surface area contributed by atoms with Gasteiger partial charge in [0.05, 0.1) is 31.1 Å². The Balaban J connectivity index is 1.36. The Morgan fingerprint density at radius 3 is 2.96 bits per heavy atom. The molecular weight excluding hydrogens is 328 g/mol. The maximum Gasteiger partial charge on any atom is 0.227 e. The molecule has 1 aliphatic rings.